The third-order valence-electron chi connectivity index (χ3n) is 3.52. The van der Waals surface area contributed by atoms with Crippen molar-refractivity contribution >= 4 is 5.82 Å². The van der Waals surface area contributed by atoms with Gasteiger partial charge in [-0.25, -0.2) is 0 Å². The molecule has 0 aliphatic heterocycles. The molecule has 2 rings (SSSR count). The van der Waals surface area contributed by atoms with Crippen LogP contribution in [0.1, 0.15) is 33.1 Å². The molecule has 0 radical (unpaired) electrons. The second kappa shape index (κ2) is 4.60. The molecule has 1 saturated carbocycles. The standard InChI is InChI=1S/C12H19N3/c1-9-5-6-11(8-10(9)2)14-12-4-3-7-13-15-12/h3-4,7,9-11H,5-6,8H2,1-2H3,(H,14,15). The van der Waals surface area contributed by atoms with Crippen LogP contribution in [0.5, 0.6) is 0 Å². The molecule has 1 aliphatic rings. The smallest absolute Gasteiger partial charge is 0.148 e. The molecule has 15 heavy (non-hydrogen) atoms. The van der Waals surface area contributed by atoms with E-state index in [2.05, 4.69) is 29.4 Å². The largest absolute Gasteiger partial charge is 0.366 e. The van der Waals surface area contributed by atoms with Gasteiger partial charge in [-0.05, 0) is 43.2 Å². The van der Waals surface area contributed by atoms with Crippen molar-refractivity contribution in [3.05, 3.63) is 18.3 Å². The molecule has 1 aromatic rings. The predicted octanol–water partition coefficient (Wildman–Crippen LogP) is 2.71. The monoisotopic (exact) mass is 205 g/mol. The van der Waals surface area contributed by atoms with Crippen LogP contribution < -0.4 is 5.32 Å². The Morgan fingerprint density at radius 2 is 2.13 bits per heavy atom. The lowest BCUT2D eigenvalue weighted by Crippen LogP contribution is -2.30. The summed E-state index contributed by atoms with van der Waals surface area (Å²) in [7, 11) is 0. The fourth-order valence-corrected chi connectivity index (χ4v) is 2.27. The van der Waals surface area contributed by atoms with Crippen LogP contribution in [-0.4, -0.2) is 16.2 Å². The van der Waals surface area contributed by atoms with E-state index < -0.39 is 0 Å². The fraction of sp³-hybridized carbons (Fsp3) is 0.667. The zero-order valence-corrected chi connectivity index (χ0v) is 9.48. The number of nitrogens with zero attached hydrogens (tertiary/aromatic N) is 2. The summed E-state index contributed by atoms with van der Waals surface area (Å²) in [4.78, 5) is 0. The summed E-state index contributed by atoms with van der Waals surface area (Å²) in [5.74, 6) is 2.59. The number of anilines is 1. The van der Waals surface area contributed by atoms with Crippen molar-refractivity contribution in [1.29, 1.82) is 0 Å². The van der Waals surface area contributed by atoms with Crippen LogP contribution in [0, 0.1) is 11.8 Å². The maximum atomic E-state index is 4.06. The lowest BCUT2D eigenvalue weighted by Gasteiger charge is -2.32. The molecule has 0 amide bonds. The Balaban J connectivity index is 1.91. The zero-order chi connectivity index (χ0) is 10.7. The first-order valence-electron chi connectivity index (χ1n) is 5.80. The summed E-state index contributed by atoms with van der Waals surface area (Å²) in [6.07, 6.45) is 5.52. The molecule has 1 aromatic heterocycles. The zero-order valence-electron chi connectivity index (χ0n) is 9.48. The highest BCUT2D eigenvalue weighted by atomic mass is 15.2. The van der Waals surface area contributed by atoms with Crippen molar-refractivity contribution < 1.29 is 0 Å². The molecular formula is C12H19N3. The van der Waals surface area contributed by atoms with E-state index in [1.54, 1.807) is 6.20 Å². The van der Waals surface area contributed by atoms with E-state index in [0.717, 1.165) is 17.7 Å². The van der Waals surface area contributed by atoms with Gasteiger partial charge < -0.3 is 5.32 Å². The van der Waals surface area contributed by atoms with Crippen LogP contribution in [0.3, 0.4) is 0 Å². The maximum absolute atomic E-state index is 4.06. The first-order valence-corrected chi connectivity index (χ1v) is 5.80. The van der Waals surface area contributed by atoms with Crippen LogP contribution >= 0.6 is 0 Å². The van der Waals surface area contributed by atoms with Crippen LogP contribution in [0.2, 0.25) is 0 Å². The van der Waals surface area contributed by atoms with Gasteiger partial charge >= 0.3 is 0 Å². The van der Waals surface area contributed by atoms with Gasteiger partial charge in [0.05, 0.1) is 0 Å². The second-order valence-electron chi connectivity index (χ2n) is 4.72. The minimum atomic E-state index is 0.577. The van der Waals surface area contributed by atoms with Crippen LogP contribution in [0.15, 0.2) is 18.3 Å². The summed E-state index contributed by atoms with van der Waals surface area (Å²) >= 11 is 0. The highest BCUT2D eigenvalue weighted by Crippen LogP contribution is 2.30. The van der Waals surface area contributed by atoms with Crippen molar-refractivity contribution in [2.24, 2.45) is 11.8 Å². The van der Waals surface area contributed by atoms with Crippen molar-refractivity contribution in [2.75, 3.05) is 5.32 Å². The minimum Gasteiger partial charge on any atom is -0.366 e. The van der Waals surface area contributed by atoms with Gasteiger partial charge in [0.2, 0.25) is 0 Å². The average molecular weight is 205 g/mol. The highest BCUT2D eigenvalue weighted by molar-refractivity contribution is 5.32. The van der Waals surface area contributed by atoms with E-state index in [4.69, 9.17) is 0 Å². The number of aromatic nitrogens is 2. The molecule has 0 spiro atoms. The summed E-state index contributed by atoms with van der Waals surface area (Å²) in [6, 6.07) is 4.48. The third-order valence-corrected chi connectivity index (χ3v) is 3.52. The quantitative estimate of drug-likeness (QED) is 0.806. The molecule has 3 heteroatoms. The fourth-order valence-electron chi connectivity index (χ4n) is 2.27. The summed E-state index contributed by atoms with van der Waals surface area (Å²) in [5.41, 5.74) is 0. The van der Waals surface area contributed by atoms with E-state index in [-0.39, 0.29) is 0 Å². The van der Waals surface area contributed by atoms with Crippen molar-refractivity contribution in [3.63, 3.8) is 0 Å². The number of hydrogen-bond donors (Lipinski definition) is 1. The molecule has 0 bridgehead atoms. The van der Waals surface area contributed by atoms with Gasteiger partial charge in [-0.15, -0.1) is 5.10 Å². The minimum absolute atomic E-state index is 0.577. The van der Waals surface area contributed by atoms with Gasteiger partial charge in [0.1, 0.15) is 5.82 Å². The van der Waals surface area contributed by atoms with Gasteiger partial charge in [0, 0.05) is 12.2 Å². The Bertz CT molecular complexity index is 299. The van der Waals surface area contributed by atoms with Crippen LogP contribution in [0.4, 0.5) is 5.82 Å². The molecular weight excluding hydrogens is 186 g/mol. The maximum Gasteiger partial charge on any atom is 0.148 e. The predicted molar refractivity (Wildman–Crippen MR) is 61.6 cm³/mol. The first kappa shape index (κ1) is 10.4. The van der Waals surface area contributed by atoms with Crippen LogP contribution in [0.25, 0.3) is 0 Å². The number of nitrogens with one attached hydrogen (secondary N) is 1. The molecule has 1 aliphatic carbocycles. The summed E-state index contributed by atoms with van der Waals surface area (Å²) in [5, 5.41) is 11.4. The molecule has 1 N–H and O–H groups in total. The molecule has 0 aromatic carbocycles. The van der Waals surface area contributed by atoms with Gasteiger partial charge in [-0.2, -0.15) is 5.10 Å². The van der Waals surface area contributed by atoms with Crippen LogP contribution in [-0.2, 0) is 0 Å². The van der Waals surface area contributed by atoms with Gasteiger partial charge in [0.15, 0.2) is 0 Å². The number of rotatable bonds is 2. The summed E-state index contributed by atoms with van der Waals surface area (Å²) in [6.45, 7) is 4.69. The van der Waals surface area contributed by atoms with E-state index in [1.165, 1.54) is 19.3 Å². The number of hydrogen-bond acceptors (Lipinski definition) is 3. The van der Waals surface area contributed by atoms with E-state index in [1.807, 2.05) is 12.1 Å². The van der Waals surface area contributed by atoms with Gasteiger partial charge in [-0.3, -0.25) is 0 Å². The van der Waals surface area contributed by atoms with E-state index in [9.17, 15) is 0 Å². The Morgan fingerprint density at radius 3 is 2.80 bits per heavy atom. The second-order valence-corrected chi connectivity index (χ2v) is 4.72. The molecule has 82 valence electrons. The average Bonchev–Trinajstić information content (AvgIpc) is 2.25. The highest BCUT2D eigenvalue weighted by Gasteiger charge is 2.24. The van der Waals surface area contributed by atoms with E-state index in [0.29, 0.717) is 6.04 Å². The van der Waals surface area contributed by atoms with Gasteiger partial charge in [-0.1, -0.05) is 13.8 Å². The van der Waals surface area contributed by atoms with Crippen molar-refractivity contribution in [1.82, 2.24) is 10.2 Å². The molecule has 3 nitrogen and oxygen atoms in total. The Labute approximate surface area is 91.3 Å². The third kappa shape index (κ3) is 2.67. The van der Waals surface area contributed by atoms with Gasteiger partial charge in [0.25, 0.3) is 0 Å². The van der Waals surface area contributed by atoms with Crippen molar-refractivity contribution in [2.45, 2.75) is 39.2 Å². The normalized spacial score (nSPS) is 31.2. The SMILES string of the molecule is CC1CCC(Nc2cccnn2)CC1C. The molecule has 0 saturated heterocycles. The van der Waals surface area contributed by atoms with E-state index >= 15 is 0 Å². The lowest BCUT2D eigenvalue weighted by atomic mass is 9.79. The molecule has 1 heterocycles. The topological polar surface area (TPSA) is 37.8 Å². The summed E-state index contributed by atoms with van der Waals surface area (Å²) < 4.78 is 0. The molecule has 3 unspecified atom stereocenters. The van der Waals surface area contributed by atoms with Crippen molar-refractivity contribution in [3.8, 4) is 0 Å². The molecule has 3 atom stereocenters. The Kier molecular flexibility index (Phi) is 3.19. The first-order chi connectivity index (χ1) is 7.25. The lowest BCUT2D eigenvalue weighted by molar-refractivity contribution is 0.260. The Hall–Kier alpha value is -1.12. The molecule has 1 fully saturated rings. The Morgan fingerprint density at radius 1 is 1.27 bits per heavy atom.